The molecule has 0 spiro atoms. The Bertz CT molecular complexity index is 695. The number of para-hydroxylation sites is 1. The van der Waals surface area contributed by atoms with Crippen molar-refractivity contribution in [1.82, 2.24) is 4.90 Å². The van der Waals surface area contributed by atoms with E-state index < -0.39 is 13.2 Å². The molecule has 0 bridgehead atoms. The highest BCUT2D eigenvalue weighted by molar-refractivity contribution is 6.74. The van der Waals surface area contributed by atoms with Gasteiger partial charge in [-0.3, -0.25) is 14.9 Å². The van der Waals surface area contributed by atoms with Crippen molar-refractivity contribution < 1.29 is 14.1 Å². The van der Waals surface area contributed by atoms with Gasteiger partial charge in [0.1, 0.15) is 5.56 Å². The molecule has 1 amide bonds. The maximum absolute atomic E-state index is 12.8. The quantitative estimate of drug-likeness (QED) is 0.443. The third-order valence-electron chi connectivity index (χ3n) is 5.08. The molecule has 0 saturated carbocycles. The average molecular weight is 363 g/mol. The summed E-state index contributed by atoms with van der Waals surface area (Å²) < 4.78 is 6.24. The molecule has 1 unspecified atom stereocenters. The highest BCUT2D eigenvalue weighted by Gasteiger charge is 2.39. The van der Waals surface area contributed by atoms with E-state index in [0.29, 0.717) is 13.0 Å². The molecule has 2 rings (SSSR count). The van der Waals surface area contributed by atoms with Crippen molar-refractivity contribution in [3.8, 4) is 0 Å². The summed E-state index contributed by atoms with van der Waals surface area (Å²) in [7, 11) is -1.92. The van der Waals surface area contributed by atoms with Crippen molar-refractivity contribution in [2.75, 3.05) is 6.61 Å². The summed E-state index contributed by atoms with van der Waals surface area (Å²) in [5, 5.41) is 11.3. The molecule has 0 aliphatic carbocycles. The van der Waals surface area contributed by atoms with E-state index in [0.717, 1.165) is 0 Å². The number of nitro benzene ring substituents is 1. The van der Waals surface area contributed by atoms with Gasteiger partial charge in [0, 0.05) is 12.3 Å². The average Bonchev–Trinajstić information content (AvgIpc) is 2.99. The Hall–Kier alpha value is -1.99. The molecule has 0 N–H and O–H groups in total. The maximum Gasteiger partial charge on any atom is 0.282 e. The Labute approximate surface area is 149 Å². The molecule has 136 valence electrons. The highest BCUT2D eigenvalue weighted by Crippen LogP contribution is 2.37. The SMILES string of the molecule is CC(C)(C)[Si](C)(C)OCC1CC=CN1C(=O)c1ccccc1[N+](=O)[O-]. The third-order valence-corrected chi connectivity index (χ3v) is 9.58. The minimum absolute atomic E-state index is 0.0894. The van der Waals surface area contributed by atoms with Crippen LogP contribution in [-0.2, 0) is 4.43 Å². The fourth-order valence-electron chi connectivity index (χ4n) is 2.42. The van der Waals surface area contributed by atoms with Crippen LogP contribution in [0.15, 0.2) is 36.5 Å². The molecule has 1 aliphatic rings. The van der Waals surface area contributed by atoms with E-state index in [1.165, 1.54) is 12.1 Å². The van der Waals surface area contributed by atoms with E-state index in [1.807, 2.05) is 6.08 Å². The van der Waals surface area contributed by atoms with Gasteiger partial charge in [0.15, 0.2) is 8.32 Å². The summed E-state index contributed by atoms with van der Waals surface area (Å²) in [5.41, 5.74) is -0.0618. The molecule has 0 saturated heterocycles. The third kappa shape index (κ3) is 4.16. The molecule has 25 heavy (non-hydrogen) atoms. The van der Waals surface area contributed by atoms with Crippen LogP contribution in [0.25, 0.3) is 0 Å². The molecule has 1 aliphatic heterocycles. The van der Waals surface area contributed by atoms with Gasteiger partial charge in [0.05, 0.1) is 17.6 Å². The van der Waals surface area contributed by atoms with Crippen LogP contribution in [0.1, 0.15) is 37.6 Å². The van der Waals surface area contributed by atoms with Crippen LogP contribution in [0.3, 0.4) is 0 Å². The summed E-state index contributed by atoms with van der Waals surface area (Å²) in [6.07, 6.45) is 4.31. The van der Waals surface area contributed by atoms with Crippen LogP contribution in [0.2, 0.25) is 18.1 Å². The monoisotopic (exact) mass is 362 g/mol. The van der Waals surface area contributed by atoms with Gasteiger partial charge in [0.25, 0.3) is 11.6 Å². The molecule has 6 nitrogen and oxygen atoms in total. The smallest absolute Gasteiger partial charge is 0.282 e. The number of nitro groups is 1. The molecule has 1 aromatic rings. The Kier molecular flexibility index (Phi) is 5.48. The number of carbonyl (C=O) groups is 1. The molecule has 7 heteroatoms. The van der Waals surface area contributed by atoms with E-state index >= 15 is 0 Å². The van der Waals surface area contributed by atoms with Gasteiger partial charge in [-0.2, -0.15) is 0 Å². The first-order valence-corrected chi connectivity index (χ1v) is 11.3. The molecular formula is C18H26N2O4Si. The lowest BCUT2D eigenvalue weighted by Gasteiger charge is -2.37. The van der Waals surface area contributed by atoms with Crippen LogP contribution in [-0.4, -0.2) is 36.7 Å². The lowest BCUT2D eigenvalue weighted by molar-refractivity contribution is -0.385. The minimum Gasteiger partial charge on any atom is -0.415 e. The number of rotatable bonds is 5. The van der Waals surface area contributed by atoms with Crippen LogP contribution < -0.4 is 0 Å². The number of benzene rings is 1. The van der Waals surface area contributed by atoms with Gasteiger partial charge in [-0.1, -0.05) is 39.0 Å². The fraction of sp³-hybridized carbons (Fsp3) is 0.500. The van der Waals surface area contributed by atoms with Gasteiger partial charge in [-0.25, -0.2) is 0 Å². The summed E-state index contributed by atoms with van der Waals surface area (Å²) in [5.74, 6) is -0.357. The summed E-state index contributed by atoms with van der Waals surface area (Å²) >= 11 is 0. The zero-order valence-corrected chi connectivity index (χ0v) is 16.5. The minimum atomic E-state index is -1.92. The first kappa shape index (κ1) is 19.3. The van der Waals surface area contributed by atoms with E-state index in [1.54, 1.807) is 23.2 Å². The van der Waals surface area contributed by atoms with Crippen LogP contribution in [0.5, 0.6) is 0 Å². The van der Waals surface area contributed by atoms with Crippen molar-refractivity contribution in [3.05, 3.63) is 52.2 Å². The zero-order valence-electron chi connectivity index (χ0n) is 15.5. The topological polar surface area (TPSA) is 72.7 Å². The zero-order chi connectivity index (χ0) is 18.8. The Morgan fingerprint density at radius 1 is 1.36 bits per heavy atom. The Morgan fingerprint density at radius 2 is 2.00 bits per heavy atom. The Balaban J connectivity index is 2.15. The van der Waals surface area contributed by atoms with E-state index in [9.17, 15) is 14.9 Å². The second-order valence-corrected chi connectivity index (χ2v) is 12.6. The van der Waals surface area contributed by atoms with Gasteiger partial charge in [-0.15, -0.1) is 0 Å². The molecule has 1 atom stereocenters. The number of hydrogen-bond donors (Lipinski definition) is 0. The lowest BCUT2D eigenvalue weighted by atomic mass is 10.1. The molecule has 0 aromatic heterocycles. The van der Waals surface area contributed by atoms with E-state index in [-0.39, 0.29) is 28.2 Å². The van der Waals surface area contributed by atoms with Gasteiger partial charge in [-0.05, 0) is 30.6 Å². The number of nitrogens with zero attached hydrogens (tertiary/aromatic N) is 2. The first-order valence-electron chi connectivity index (χ1n) is 8.41. The number of carbonyl (C=O) groups excluding carboxylic acids is 1. The van der Waals surface area contributed by atoms with Gasteiger partial charge >= 0.3 is 0 Å². The molecule has 1 aromatic carbocycles. The highest BCUT2D eigenvalue weighted by atomic mass is 28.4. The predicted molar refractivity (Wildman–Crippen MR) is 100.0 cm³/mol. The second kappa shape index (κ2) is 7.09. The maximum atomic E-state index is 12.8. The van der Waals surface area contributed by atoms with E-state index in [4.69, 9.17) is 4.43 Å². The fourth-order valence-corrected chi connectivity index (χ4v) is 3.46. The molecule has 1 heterocycles. The van der Waals surface area contributed by atoms with Crippen molar-refractivity contribution in [3.63, 3.8) is 0 Å². The number of amides is 1. The van der Waals surface area contributed by atoms with Crippen molar-refractivity contribution >= 4 is 19.9 Å². The first-order chi connectivity index (χ1) is 11.5. The van der Waals surface area contributed by atoms with Gasteiger partial charge < -0.3 is 9.33 Å². The van der Waals surface area contributed by atoms with E-state index in [2.05, 4.69) is 33.9 Å². The summed E-state index contributed by atoms with van der Waals surface area (Å²) in [4.78, 5) is 25.1. The van der Waals surface area contributed by atoms with Crippen molar-refractivity contribution in [2.24, 2.45) is 0 Å². The van der Waals surface area contributed by atoms with Crippen LogP contribution >= 0.6 is 0 Å². The van der Waals surface area contributed by atoms with Crippen molar-refractivity contribution in [2.45, 2.75) is 51.4 Å². The summed E-state index contributed by atoms with van der Waals surface area (Å²) in [6.45, 7) is 11.3. The second-order valence-electron chi connectivity index (χ2n) is 7.83. The Morgan fingerprint density at radius 3 is 2.60 bits per heavy atom. The standard InChI is InChI=1S/C18H26N2O4Si/c1-18(2,3)25(4,5)24-13-14-9-8-12-19(14)17(21)15-10-6-7-11-16(15)20(22)23/h6-8,10-12,14H,9,13H2,1-5H3. The van der Waals surface area contributed by atoms with Crippen LogP contribution in [0.4, 0.5) is 5.69 Å². The largest absolute Gasteiger partial charge is 0.415 e. The predicted octanol–water partition coefficient (Wildman–Crippen LogP) is 4.34. The van der Waals surface area contributed by atoms with Gasteiger partial charge in [0.2, 0.25) is 0 Å². The molecular weight excluding hydrogens is 336 g/mol. The number of hydrogen-bond acceptors (Lipinski definition) is 4. The molecule has 0 fully saturated rings. The normalized spacial score (nSPS) is 17.8. The van der Waals surface area contributed by atoms with Crippen molar-refractivity contribution in [1.29, 1.82) is 0 Å². The lowest BCUT2D eigenvalue weighted by Crippen LogP contribution is -2.45. The van der Waals surface area contributed by atoms with Crippen LogP contribution in [0, 0.1) is 10.1 Å². The summed E-state index contributed by atoms with van der Waals surface area (Å²) in [6, 6.07) is 5.93. The molecule has 0 radical (unpaired) electrons.